The molecule has 0 unspecified atom stereocenters. The zero-order valence-electron chi connectivity index (χ0n) is 11.7. The number of carboxylic acid groups (broad SMARTS) is 1. The predicted octanol–water partition coefficient (Wildman–Crippen LogP) is 1.62. The van der Waals surface area contributed by atoms with Gasteiger partial charge in [0, 0.05) is 13.1 Å². The number of hydrogen-bond acceptors (Lipinski definition) is 3. The van der Waals surface area contributed by atoms with Crippen molar-refractivity contribution >= 4 is 16.0 Å². The molecule has 0 aromatic heterocycles. The smallest absolute Gasteiger partial charge is 0.314 e. The van der Waals surface area contributed by atoms with Gasteiger partial charge >= 0.3 is 5.97 Å². The second kappa shape index (κ2) is 5.99. The molecule has 5 nitrogen and oxygen atoms in total. The van der Waals surface area contributed by atoms with Crippen LogP contribution in [0.3, 0.4) is 0 Å². The van der Waals surface area contributed by atoms with E-state index in [9.17, 15) is 18.3 Å². The molecule has 0 amide bonds. The average molecular weight is 309 g/mol. The number of aliphatic carboxylic acids is 1. The van der Waals surface area contributed by atoms with Gasteiger partial charge in [-0.25, -0.2) is 12.7 Å². The second-order valence-corrected chi connectivity index (χ2v) is 7.23. The third-order valence-corrected chi connectivity index (χ3v) is 5.84. The molecule has 1 aliphatic rings. The fraction of sp³-hybridized carbons (Fsp3) is 0.400. The Morgan fingerprint density at radius 2 is 1.86 bits per heavy atom. The minimum absolute atomic E-state index is 0.113. The highest BCUT2D eigenvalue weighted by atomic mass is 32.2. The maximum atomic E-state index is 12.0. The molecule has 0 bridgehead atoms. The van der Waals surface area contributed by atoms with Crippen LogP contribution in [-0.4, -0.2) is 42.6 Å². The molecular formula is C15H19NO4S. The van der Waals surface area contributed by atoms with Crippen molar-refractivity contribution in [3.8, 4) is 0 Å². The van der Waals surface area contributed by atoms with Gasteiger partial charge in [0.05, 0.1) is 11.2 Å². The Kier molecular flexibility index (Phi) is 4.49. The van der Waals surface area contributed by atoms with E-state index < -0.39 is 21.4 Å². The lowest BCUT2D eigenvalue weighted by molar-refractivity contribution is -0.145. The van der Waals surface area contributed by atoms with Gasteiger partial charge in [-0.2, -0.15) is 0 Å². The summed E-state index contributed by atoms with van der Waals surface area (Å²) >= 11 is 0. The van der Waals surface area contributed by atoms with E-state index in [0.29, 0.717) is 0 Å². The van der Waals surface area contributed by atoms with Crippen LogP contribution in [-0.2, 0) is 20.2 Å². The monoisotopic (exact) mass is 309 g/mol. The van der Waals surface area contributed by atoms with Gasteiger partial charge in [0.25, 0.3) is 0 Å². The normalized spacial score (nSPS) is 19.0. The molecule has 0 radical (unpaired) electrons. The van der Waals surface area contributed by atoms with Crippen LogP contribution in [0.5, 0.6) is 0 Å². The molecule has 0 spiro atoms. The maximum absolute atomic E-state index is 12.0. The Morgan fingerprint density at radius 3 is 2.33 bits per heavy atom. The maximum Gasteiger partial charge on any atom is 0.314 e. The first kappa shape index (κ1) is 15.7. The van der Waals surface area contributed by atoms with Gasteiger partial charge in [0.15, 0.2) is 0 Å². The van der Waals surface area contributed by atoms with E-state index >= 15 is 0 Å². The highest BCUT2D eigenvalue weighted by Crippen LogP contribution is 2.36. The Labute approximate surface area is 124 Å². The largest absolute Gasteiger partial charge is 0.481 e. The number of piperidine rings is 1. The highest BCUT2D eigenvalue weighted by molar-refractivity contribution is 7.89. The highest BCUT2D eigenvalue weighted by Gasteiger charge is 2.44. The summed E-state index contributed by atoms with van der Waals surface area (Å²) in [4.78, 5) is 11.8. The van der Waals surface area contributed by atoms with E-state index in [1.54, 1.807) is 24.3 Å². The molecule has 1 aromatic rings. The summed E-state index contributed by atoms with van der Waals surface area (Å²) < 4.78 is 25.4. The third-order valence-electron chi connectivity index (χ3n) is 4.03. The van der Waals surface area contributed by atoms with Crippen LogP contribution in [0.4, 0.5) is 0 Å². The minimum atomic E-state index is -3.37. The average Bonchev–Trinajstić information content (AvgIpc) is 2.48. The van der Waals surface area contributed by atoms with Crippen LogP contribution < -0.4 is 0 Å². The van der Waals surface area contributed by atoms with E-state index in [4.69, 9.17) is 0 Å². The van der Waals surface area contributed by atoms with E-state index in [-0.39, 0.29) is 31.7 Å². The summed E-state index contributed by atoms with van der Waals surface area (Å²) in [6.45, 7) is 3.88. The van der Waals surface area contributed by atoms with Crippen LogP contribution in [0.1, 0.15) is 18.4 Å². The molecule has 2 rings (SSSR count). The van der Waals surface area contributed by atoms with Crippen molar-refractivity contribution in [2.45, 2.75) is 18.3 Å². The Morgan fingerprint density at radius 1 is 1.29 bits per heavy atom. The van der Waals surface area contributed by atoms with Gasteiger partial charge in [-0.15, -0.1) is 6.58 Å². The summed E-state index contributed by atoms with van der Waals surface area (Å²) in [5.41, 5.74) is -0.264. The number of nitrogens with zero attached hydrogens (tertiary/aromatic N) is 1. The van der Waals surface area contributed by atoms with E-state index in [2.05, 4.69) is 6.58 Å². The van der Waals surface area contributed by atoms with E-state index in [1.807, 2.05) is 6.07 Å². The van der Waals surface area contributed by atoms with E-state index in [0.717, 1.165) is 5.56 Å². The van der Waals surface area contributed by atoms with Crippen LogP contribution in [0.2, 0.25) is 0 Å². The number of carbonyl (C=O) groups is 1. The van der Waals surface area contributed by atoms with Crippen molar-refractivity contribution in [3.05, 3.63) is 48.6 Å². The zero-order chi connectivity index (χ0) is 15.5. The van der Waals surface area contributed by atoms with Crippen molar-refractivity contribution in [2.24, 2.45) is 0 Å². The Hall–Kier alpha value is -1.66. The fourth-order valence-corrected chi connectivity index (χ4v) is 4.03. The topological polar surface area (TPSA) is 74.7 Å². The summed E-state index contributed by atoms with van der Waals surface area (Å²) in [6, 6.07) is 9.04. The van der Waals surface area contributed by atoms with Crippen LogP contribution in [0.25, 0.3) is 0 Å². The standard InChI is InChI=1S/C15H19NO4S/c1-2-12-21(19,20)16-10-8-15(9-11-16,14(17)18)13-6-4-3-5-7-13/h2-7H,1,8-12H2,(H,17,18). The first-order chi connectivity index (χ1) is 9.92. The molecule has 1 heterocycles. The first-order valence-electron chi connectivity index (χ1n) is 6.80. The van der Waals surface area contributed by atoms with Gasteiger partial charge in [0.1, 0.15) is 0 Å². The lowest BCUT2D eigenvalue weighted by Gasteiger charge is -2.38. The fourth-order valence-electron chi connectivity index (χ4n) is 2.78. The second-order valence-electron chi connectivity index (χ2n) is 5.22. The molecule has 21 heavy (non-hydrogen) atoms. The number of rotatable bonds is 5. The van der Waals surface area contributed by atoms with Crippen molar-refractivity contribution in [2.75, 3.05) is 18.8 Å². The number of benzene rings is 1. The van der Waals surface area contributed by atoms with Gasteiger partial charge in [0.2, 0.25) is 10.0 Å². The minimum Gasteiger partial charge on any atom is -0.481 e. The van der Waals surface area contributed by atoms with Crippen molar-refractivity contribution in [1.29, 1.82) is 0 Å². The summed E-state index contributed by atoms with van der Waals surface area (Å²) in [5.74, 6) is -1.01. The molecule has 6 heteroatoms. The lowest BCUT2D eigenvalue weighted by atomic mass is 9.73. The predicted molar refractivity (Wildman–Crippen MR) is 80.5 cm³/mol. The van der Waals surface area contributed by atoms with Crippen molar-refractivity contribution in [1.82, 2.24) is 4.31 Å². The van der Waals surface area contributed by atoms with Gasteiger partial charge in [-0.3, -0.25) is 4.79 Å². The molecule has 0 aliphatic carbocycles. The van der Waals surface area contributed by atoms with Crippen molar-refractivity contribution < 1.29 is 18.3 Å². The number of carboxylic acids is 1. The van der Waals surface area contributed by atoms with Crippen molar-refractivity contribution in [3.63, 3.8) is 0 Å². The van der Waals surface area contributed by atoms with Crippen LogP contribution >= 0.6 is 0 Å². The Bertz CT molecular complexity index is 616. The van der Waals surface area contributed by atoms with Crippen LogP contribution in [0.15, 0.2) is 43.0 Å². The van der Waals surface area contributed by atoms with E-state index in [1.165, 1.54) is 10.4 Å². The quantitative estimate of drug-likeness (QED) is 0.839. The summed E-state index contributed by atoms with van der Waals surface area (Å²) in [7, 11) is -3.37. The molecular weight excluding hydrogens is 290 g/mol. The zero-order valence-corrected chi connectivity index (χ0v) is 12.6. The van der Waals surface area contributed by atoms with Gasteiger partial charge < -0.3 is 5.11 Å². The van der Waals surface area contributed by atoms with Crippen LogP contribution in [0, 0.1) is 0 Å². The lowest BCUT2D eigenvalue weighted by Crippen LogP contribution is -2.49. The molecule has 1 N–H and O–H groups in total. The summed E-state index contributed by atoms with van der Waals surface area (Å²) in [5, 5.41) is 9.65. The molecule has 0 atom stereocenters. The van der Waals surface area contributed by atoms with Gasteiger partial charge in [-0.05, 0) is 18.4 Å². The molecule has 1 aliphatic heterocycles. The molecule has 1 fully saturated rings. The molecule has 114 valence electrons. The molecule has 1 saturated heterocycles. The van der Waals surface area contributed by atoms with Gasteiger partial charge in [-0.1, -0.05) is 36.4 Å². The number of sulfonamides is 1. The molecule has 0 saturated carbocycles. The SMILES string of the molecule is C=CCS(=O)(=O)N1CCC(C(=O)O)(c2ccccc2)CC1. The third kappa shape index (κ3) is 3.01. The Balaban J connectivity index is 2.24. The molecule has 1 aromatic carbocycles. The number of hydrogen-bond donors (Lipinski definition) is 1. The summed E-state index contributed by atoms with van der Waals surface area (Å²) in [6.07, 6.45) is 1.91. The first-order valence-corrected chi connectivity index (χ1v) is 8.41.